The van der Waals surface area contributed by atoms with E-state index in [2.05, 4.69) is 19.1 Å². The van der Waals surface area contributed by atoms with Gasteiger partial charge in [0.1, 0.15) is 5.75 Å². The van der Waals surface area contributed by atoms with E-state index in [1.54, 1.807) is 0 Å². The van der Waals surface area contributed by atoms with E-state index in [1.807, 2.05) is 26.0 Å². The summed E-state index contributed by atoms with van der Waals surface area (Å²) in [5, 5.41) is 0. The summed E-state index contributed by atoms with van der Waals surface area (Å²) in [5.41, 5.74) is 7.43. The van der Waals surface area contributed by atoms with Gasteiger partial charge < -0.3 is 10.5 Å². The Morgan fingerprint density at radius 3 is 2.21 bits per heavy atom. The summed E-state index contributed by atoms with van der Waals surface area (Å²) in [5.74, 6) is 0.925. The molecule has 1 aromatic carbocycles. The van der Waals surface area contributed by atoms with E-state index in [9.17, 15) is 0 Å². The Labute approximate surface area is 118 Å². The molecule has 0 aromatic heterocycles. The van der Waals surface area contributed by atoms with Gasteiger partial charge in [-0.25, -0.2) is 0 Å². The molecule has 0 bridgehead atoms. The van der Waals surface area contributed by atoms with Crippen molar-refractivity contribution in [3.8, 4) is 5.75 Å². The Balaban J connectivity index is 2.33. The number of nitrogens with two attached hydrogens (primary N) is 1. The van der Waals surface area contributed by atoms with Gasteiger partial charge in [-0.3, -0.25) is 0 Å². The van der Waals surface area contributed by atoms with Gasteiger partial charge in [0.05, 0.1) is 6.10 Å². The van der Waals surface area contributed by atoms with Crippen molar-refractivity contribution in [1.29, 1.82) is 0 Å². The predicted octanol–water partition coefficient (Wildman–Crippen LogP) is 4.83. The summed E-state index contributed by atoms with van der Waals surface area (Å²) >= 11 is 0. The molecular weight excluding hydrogens is 234 g/mol. The first kappa shape index (κ1) is 16.0. The van der Waals surface area contributed by atoms with Crippen molar-refractivity contribution < 1.29 is 4.74 Å². The summed E-state index contributed by atoms with van der Waals surface area (Å²) in [6.45, 7) is 6.32. The largest absolute Gasteiger partial charge is 0.491 e. The first-order valence-corrected chi connectivity index (χ1v) is 7.65. The summed E-state index contributed by atoms with van der Waals surface area (Å²) in [6, 6.07) is 8.39. The van der Waals surface area contributed by atoms with Gasteiger partial charge >= 0.3 is 0 Å². The van der Waals surface area contributed by atoms with Crippen LogP contribution in [-0.4, -0.2) is 6.10 Å². The molecule has 0 amide bonds. The second-order valence-corrected chi connectivity index (χ2v) is 5.55. The highest BCUT2D eigenvalue weighted by atomic mass is 16.5. The number of hydrogen-bond acceptors (Lipinski definition) is 2. The predicted molar refractivity (Wildman–Crippen MR) is 82.5 cm³/mol. The van der Waals surface area contributed by atoms with Crippen LogP contribution < -0.4 is 10.5 Å². The lowest BCUT2D eigenvalue weighted by atomic mass is 10.0. The third kappa shape index (κ3) is 6.63. The second-order valence-electron chi connectivity index (χ2n) is 5.55. The van der Waals surface area contributed by atoms with Crippen molar-refractivity contribution >= 4 is 0 Å². The Hall–Kier alpha value is -1.02. The lowest BCUT2D eigenvalue weighted by Gasteiger charge is -2.14. The lowest BCUT2D eigenvalue weighted by molar-refractivity contribution is 0.242. The molecule has 0 heterocycles. The second kappa shape index (κ2) is 8.98. The minimum absolute atomic E-state index is 0.162. The van der Waals surface area contributed by atoms with Gasteiger partial charge in [-0.1, -0.05) is 51.2 Å². The van der Waals surface area contributed by atoms with Gasteiger partial charge in [0, 0.05) is 6.04 Å². The summed E-state index contributed by atoms with van der Waals surface area (Å²) in [6.07, 6.45) is 7.80. The molecule has 2 nitrogen and oxygen atoms in total. The molecule has 108 valence electrons. The van der Waals surface area contributed by atoms with Crippen LogP contribution in [0.25, 0.3) is 0 Å². The zero-order valence-electron chi connectivity index (χ0n) is 12.7. The third-order valence-electron chi connectivity index (χ3n) is 3.30. The van der Waals surface area contributed by atoms with Gasteiger partial charge in [0.25, 0.3) is 0 Å². The third-order valence-corrected chi connectivity index (χ3v) is 3.30. The molecule has 0 aliphatic heterocycles. The molecular formula is C17H29NO. The fourth-order valence-electron chi connectivity index (χ4n) is 2.20. The molecule has 2 N–H and O–H groups in total. The van der Waals surface area contributed by atoms with Crippen molar-refractivity contribution in [3.05, 3.63) is 29.8 Å². The van der Waals surface area contributed by atoms with E-state index < -0.39 is 0 Å². The highest BCUT2D eigenvalue weighted by molar-refractivity contribution is 5.29. The van der Waals surface area contributed by atoms with Crippen LogP contribution in [0, 0.1) is 0 Å². The molecule has 0 aliphatic carbocycles. The normalized spacial score (nSPS) is 12.7. The van der Waals surface area contributed by atoms with Crippen LogP contribution in [0.3, 0.4) is 0 Å². The highest BCUT2D eigenvalue weighted by Gasteiger charge is 2.06. The van der Waals surface area contributed by atoms with Crippen LogP contribution in [0.15, 0.2) is 24.3 Å². The molecule has 1 aromatic rings. The maximum absolute atomic E-state index is 6.22. The molecule has 0 saturated carbocycles. The van der Waals surface area contributed by atoms with Crippen LogP contribution in [0.4, 0.5) is 0 Å². The van der Waals surface area contributed by atoms with Crippen LogP contribution in [0.1, 0.15) is 70.9 Å². The van der Waals surface area contributed by atoms with E-state index in [1.165, 1.54) is 37.7 Å². The SMILES string of the molecule is CCCCCCCC(N)c1ccc(OC(C)C)cc1. The minimum atomic E-state index is 0.162. The average Bonchev–Trinajstić information content (AvgIpc) is 2.38. The number of unbranched alkanes of at least 4 members (excludes halogenated alkanes) is 4. The number of rotatable bonds is 9. The van der Waals surface area contributed by atoms with Gasteiger partial charge in [0.15, 0.2) is 0 Å². The van der Waals surface area contributed by atoms with E-state index >= 15 is 0 Å². The maximum atomic E-state index is 6.22. The monoisotopic (exact) mass is 263 g/mol. The molecule has 0 saturated heterocycles. The topological polar surface area (TPSA) is 35.2 Å². The molecule has 1 atom stereocenters. The Kier molecular flexibility index (Phi) is 7.57. The molecule has 0 spiro atoms. The Morgan fingerprint density at radius 1 is 1.00 bits per heavy atom. The quantitative estimate of drug-likeness (QED) is 0.647. The van der Waals surface area contributed by atoms with Gasteiger partial charge in [-0.15, -0.1) is 0 Å². The van der Waals surface area contributed by atoms with Crippen LogP contribution in [0.2, 0.25) is 0 Å². The molecule has 0 fully saturated rings. The number of benzene rings is 1. The van der Waals surface area contributed by atoms with Crippen LogP contribution in [0.5, 0.6) is 5.75 Å². The fourth-order valence-corrected chi connectivity index (χ4v) is 2.20. The Morgan fingerprint density at radius 2 is 1.63 bits per heavy atom. The number of hydrogen-bond donors (Lipinski definition) is 1. The van der Waals surface area contributed by atoms with Gasteiger partial charge in [-0.05, 0) is 38.0 Å². The van der Waals surface area contributed by atoms with E-state index in [-0.39, 0.29) is 12.1 Å². The van der Waals surface area contributed by atoms with Crippen molar-refractivity contribution in [2.75, 3.05) is 0 Å². The first-order valence-electron chi connectivity index (χ1n) is 7.65. The van der Waals surface area contributed by atoms with Crippen molar-refractivity contribution in [1.82, 2.24) is 0 Å². The molecule has 0 aliphatic rings. The highest BCUT2D eigenvalue weighted by Crippen LogP contribution is 2.21. The smallest absolute Gasteiger partial charge is 0.119 e. The van der Waals surface area contributed by atoms with Crippen molar-refractivity contribution in [3.63, 3.8) is 0 Å². The summed E-state index contributed by atoms with van der Waals surface area (Å²) < 4.78 is 5.63. The molecule has 0 radical (unpaired) electrons. The lowest BCUT2D eigenvalue weighted by Crippen LogP contribution is -2.10. The zero-order valence-corrected chi connectivity index (χ0v) is 12.7. The molecule has 19 heavy (non-hydrogen) atoms. The minimum Gasteiger partial charge on any atom is -0.491 e. The molecule has 1 unspecified atom stereocenters. The van der Waals surface area contributed by atoms with E-state index in [0.717, 1.165) is 12.2 Å². The molecule has 2 heteroatoms. The van der Waals surface area contributed by atoms with Gasteiger partial charge in [-0.2, -0.15) is 0 Å². The first-order chi connectivity index (χ1) is 9.13. The summed E-state index contributed by atoms with van der Waals surface area (Å²) in [7, 11) is 0. The van der Waals surface area contributed by atoms with Gasteiger partial charge in [0.2, 0.25) is 0 Å². The van der Waals surface area contributed by atoms with Crippen LogP contribution in [-0.2, 0) is 0 Å². The number of ether oxygens (including phenoxy) is 1. The standard InChI is InChI=1S/C17H29NO/c1-4-5-6-7-8-9-17(18)15-10-12-16(13-11-15)19-14(2)3/h10-14,17H,4-9,18H2,1-3H3. The van der Waals surface area contributed by atoms with Crippen molar-refractivity contribution in [2.45, 2.75) is 71.4 Å². The Bertz CT molecular complexity index is 332. The molecule has 1 rings (SSSR count). The van der Waals surface area contributed by atoms with Crippen LogP contribution >= 0.6 is 0 Å². The fraction of sp³-hybridized carbons (Fsp3) is 0.647. The van der Waals surface area contributed by atoms with Crippen molar-refractivity contribution in [2.24, 2.45) is 5.73 Å². The summed E-state index contributed by atoms with van der Waals surface area (Å²) in [4.78, 5) is 0. The maximum Gasteiger partial charge on any atom is 0.119 e. The van der Waals surface area contributed by atoms with E-state index in [0.29, 0.717) is 0 Å². The zero-order chi connectivity index (χ0) is 14.1. The van der Waals surface area contributed by atoms with E-state index in [4.69, 9.17) is 10.5 Å². The average molecular weight is 263 g/mol.